The molecule has 1 aromatic rings. The number of piperidine rings is 1. The molecular weight excluding hydrogens is 350 g/mol. The van der Waals surface area contributed by atoms with Crippen molar-refractivity contribution in [3.63, 3.8) is 0 Å². The van der Waals surface area contributed by atoms with Gasteiger partial charge < -0.3 is 20.3 Å². The molecule has 1 aliphatic rings. The van der Waals surface area contributed by atoms with E-state index in [1.807, 2.05) is 12.3 Å². The minimum Gasteiger partial charge on any atom is -0.473 e. The van der Waals surface area contributed by atoms with Gasteiger partial charge in [-0.2, -0.15) is 0 Å². The number of aromatic nitrogens is 1. The fourth-order valence-corrected chi connectivity index (χ4v) is 3.14. The van der Waals surface area contributed by atoms with E-state index in [-0.39, 0.29) is 5.91 Å². The Bertz CT molecular complexity index is 578. The van der Waals surface area contributed by atoms with Crippen molar-refractivity contribution >= 4 is 34.3 Å². The Hall–Kier alpha value is -2.04. The van der Waals surface area contributed by atoms with Crippen molar-refractivity contribution in [3.8, 4) is 0 Å². The van der Waals surface area contributed by atoms with Crippen LogP contribution in [0.4, 0.5) is 5.13 Å². The summed E-state index contributed by atoms with van der Waals surface area (Å²) in [4.78, 5) is 36.6. The molecule has 9 nitrogen and oxygen atoms in total. The predicted octanol–water partition coefficient (Wildman–Crippen LogP) is 0.904. The van der Waals surface area contributed by atoms with Crippen molar-refractivity contribution in [1.29, 1.82) is 0 Å². The lowest BCUT2D eigenvalue weighted by Crippen LogP contribution is -2.41. The molecular formula is C15H23N3O6S. The molecule has 1 fully saturated rings. The number of nitrogens with one attached hydrogen (secondary N) is 1. The van der Waals surface area contributed by atoms with Crippen molar-refractivity contribution in [1.82, 2.24) is 9.88 Å². The number of hydrogen-bond donors (Lipinski definition) is 3. The monoisotopic (exact) mass is 373 g/mol. The summed E-state index contributed by atoms with van der Waals surface area (Å²) in [6.07, 6.45) is 2.33. The van der Waals surface area contributed by atoms with E-state index >= 15 is 0 Å². The van der Waals surface area contributed by atoms with E-state index in [1.165, 1.54) is 17.8 Å². The van der Waals surface area contributed by atoms with Crippen LogP contribution in [0.3, 0.4) is 0 Å². The van der Waals surface area contributed by atoms with Gasteiger partial charge in [0, 0.05) is 19.0 Å². The fraction of sp³-hybridized carbons (Fsp3) is 0.600. The van der Waals surface area contributed by atoms with Crippen LogP contribution >= 0.6 is 11.3 Å². The van der Waals surface area contributed by atoms with Crippen molar-refractivity contribution in [2.45, 2.75) is 19.8 Å². The highest BCUT2D eigenvalue weighted by Crippen LogP contribution is 2.17. The number of hydrogen-bond acceptors (Lipinski definition) is 7. The number of aryl methyl sites for hydroxylation is 1. The number of ether oxygens (including phenoxy) is 1. The molecule has 2 rings (SSSR count). The maximum atomic E-state index is 11.9. The number of carbonyl (C=O) groups is 3. The third-order valence-corrected chi connectivity index (χ3v) is 4.30. The third kappa shape index (κ3) is 8.57. The van der Waals surface area contributed by atoms with Crippen LogP contribution < -0.4 is 5.32 Å². The Labute approximate surface area is 149 Å². The van der Waals surface area contributed by atoms with Crippen LogP contribution in [0.15, 0.2) is 5.38 Å². The van der Waals surface area contributed by atoms with Gasteiger partial charge in [0.1, 0.15) is 0 Å². The van der Waals surface area contributed by atoms with E-state index in [0.717, 1.165) is 31.8 Å². The summed E-state index contributed by atoms with van der Waals surface area (Å²) >= 11 is 1.47. The molecule has 0 aliphatic carbocycles. The topological polar surface area (TPSA) is 129 Å². The van der Waals surface area contributed by atoms with Gasteiger partial charge in [0.05, 0.1) is 18.8 Å². The molecule has 1 atom stereocenters. The first-order chi connectivity index (χ1) is 11.8. The van der Waals surface area contributed by atoms with Gasteiger partial charge in [-0.3, -0.25) is 9.69 Å². The molecule has 1 unspecified atom stereocenters. The van der Waals surface area contributed by atoms with E-state index in [1.54, 1.807) is 7.11 Å². The quantitative estimate of drug-likeness (QED) is 0.649. The summed E-state index contributed by atoms with van der Waals surface area (Å²) in [7, 11) is 1.73. The van der Waals surface area contributed by atoms with Gasteiger partial charge in [-0.25, -0.2) is 14.6 Å². The molecule has 140 valence electrons. The Morgan fingerprint density at radius 3 is 2.60 bits per heavy atom. The Balaban J connectivity index is 0.000000450. The number of anilines is 1. The van der Waals surface area contributed by atoms with E-state index in [0.29, 0.717) is 17.6 Å². The summed E-state index contributed by atoms with van der Waals surface area (Å²) in [5.41, 5.74) is 0.943. The SMILES string of the molecule is COCC1CCCN(CC(=O)Nc2nc(C)cs2)C1.O=C(O)C(=O)O. The van der Waals surface area contributed by atoms with E-state index in [2.05, 4.69) is 15.2 Å². The maximum Gasteiger partial charge on any atom is 0.414 e. The Morgan fingerprint density at radius 2 is 2.08 bits per heavy atom. The Morgan fingerprint density at radius 1 is 1.40 bits per heavy atom. The van der Waals surface area contributed by atoms with Crippen LogP contribution in [0, 0.1) is 12.8 Å². The van der Waals surface area contributed by atoms with Crippen LogP contribution in [0.2, 0.25) is 0 Å². The number of methoxy groups -OCH3 is 1. The smallest absolute Gasteiger partial charge is 0.414 e. The molecule has 1 aromatic heterocycles. The highest BCUT2D eigenvalue weighted by atomic mass is 32.1. The van der Waals surface area contributed by atoms with E-state index in [9.17, 15) is 4.79 Å². The first-order valence-electron chi connectivity index (χ1n) is 7.71. The molecule has 0 radical (unpaired) electrons. The maximum absolute atomic E-state index is 11.9. The first kappa shape index (κ1) is 21.0. The van der Waals surface area contributed by atoms with Crippen LogP contribution in [0.1, 0.15) is 18.5 Å². The molecule has 25 heavy (non-hydrogen) atoms. The van der Waals surface area contributed by atoms with Crippen LogP contribution in [-0.2, 0) is 19.1 Å². The Kier molecular flexibility index (Phi) is 9.03. The summed E-state index contributed by atoms with van der Waals surface area (Å²) in [6.45, 7) is 5.08. The molecule has 1 aliphatic heterocycles. The van der Waals surface area contributed by atoms with Crippen LogP contribution in [0.25, 0.3) is 0 Å². The molecule has 0 saturated carbocycles. The highest BCUT2D eigenvalue weighted by Gasteiger charge is 2.21. The number of nitrogens with zero attached hydrogens (tertiary/aromatic N) is 2. The number of carboxylic acids is 2. The normalized spacial score (nSPS) is 17.3. The standard InChI is InChI=1S/C13H21N3O2S.C2H2O4/c1-10-9-19-13(14-10)15-12(17)7-16-5-3-4-11(6-16)8-18-2;3-1(4)2(5)6/h9,11H,3-8H2,1-2H3,(H,14,15,17);(H,3,4)(H,5,6). The zero-order valence-corrected chi connectivity index (χ0v) is 15.0. The summed E-state index contributed by atoms with van der Waals surface area (Å²) in [5, 5.41) is 20.3. The molecule has 0 bridgehead atoms. The first-order valence-corrected chi connectivity index (χ1v) is 8.59. The number of rotatable bonds is 5. The zero-order chi connectivity index (χ0) is 18.8. The van der Waals surface area contributed by atoms with Gasteiger partial charge >= 0.3 is 11.9 Å². The summed E-state index contributed by atoms with van der Waals surface area (Å²) in [5.74, 6) is -3.08. The lowest BCUT2D eigenvalue weighted by Gasteiger charge is -2.31. The fourth-order valence-electron chi connectivity index (χ4n) is 2.44. The second kappa shape index (κ2) is 10.7. The predicted molar refractivity (Wildman–Crippen MR) is 91.8 cm³/mol. The van der Waals surface area contributed by atoms with E-state index < -0.39 is 11.9 Å². The van der Waals surface area contributed by atoms with Gasteiger partial charge in [-0.1, -0.05) is 0 Å². The number of likely N-dealkylation sites (tertiary alicyclic amines) is 1. The second-order valence-electron chi connectivity index (χ2n) is 5.65. The number of carboxylic acid groups (broad SMARTS) is 2. The van der Waals surface area contributed by atoms with Crippen molar-refractivity contribution in [2.75, 3.05) is 38.7 Å². The minimum absolute atomic E-state index is 0.0208. The molecule has 10 heteroatoms. The average molecular weight is 373 g/mol. The van der Waals surface area contributed by atoms with Gasteiger partial charge in [-0.05, 0) is 32.2 Å². The number of amides is 1. The molecule has 1 saturated heterocycles. The lowest BCUT2D eigenvalue weighted by atomic mass is 9.99. The average Bonchev–Trinajstić information content (AvgIpc) is 2.93. The number of thiazole rings is 1. The molecule has 3 N–H and O–H groups in total. The van der Waals surface area contributed by atoms with Crippen molar-refractivity contribution in [3.05, 3.63) is 11.1 Å². The number of aliphatic carboxylic acids is 2. The largest absolute Gasteiger partial charge is 0.473 e. The van der Waals surface area contributed by atoms with Crippen molar-refractivity contribution < 1.29 is 29.3 Å². The molecule has 1 amide bonds. The van der Waals surface area contributed by atoms with Gasteiger partial charge in [0.2, 0.25) is 5.91 Å². The molecule has 0 spiro atoms. The molecule has 2 heterocycles. The third-order valence-electron chi connectivity index (χ3n) is 3.42. The number of carbonyl (C=O) groups excluding carboxylic acids is 1. The van der Waals surface area contributed by atoms with Crippen LogP contribution in [-0.4, -0.2) is 71.3 Å². The summed E-state index contributed by atoms with van der Waals surface area (Å²) < 4.78 is 5.20. The minimum atomic E-state index is -1.82. The zero-order valence-electron chi connectivity index (χ0n) is 14.2. The van der Waals surface area contributed by atoms with Gasteiger partial charge in [0.15, 0.2) is 5.13 Å². The lowest BCUT2D eigenvalue weighted by molar-refractivity contribution is -0.159. The summed E-state index contributed by atoms with van der Waals surface area (Å²) in [6, 6.07) is 0. The molecule has 0 aromatic carbocycles. The van der Waals surface area contributed by atoms with Crippen molar-refractivity contribution in [2.24, 2.45) is 5.92 Å². The van der Waals surface area contributed by atoms with Gasteiger partial charge in [0.25, 0.3) is 0 Å². The van der Waals surface area contributed by atoms with Crippen LogP contribution in [0.5, 0.6) is 0 Å². The van der Waals surface area contributed by atoms with Gasteiger partial charge in [-0.15, -0.1) is 11.3 Å². The van der Waals surface area contributed by atoms with E-state index in [4.69, 9.17) is 24.5 Å². The second-order valence-corrected chi connectivity index (χ2v) is 6.51. The highest BCUT2D eigenvalue weighted by molar-refractivity contribution is 7.13.